The average Bonchev–Trinajstić information content (AvgIpc) is 2.71. The molecule has 92 valence electrons. The first-order valence-electron chi connectivity index (χ1n) is 5.67. The van der Waals surface area contributed by atoms with E-state index in [1.807, 2.05) is 4.57 Å². The number of nitrogens with zero attached hydrogens (tertiary/aromatic N) is 4. The third-order valence-electron chi connectivity index (χ3n) is 2.73. The molecule has 0 saturated carbocycles. The lowest BCUT2D eigenvalue weighted by Crippen LogP contribution is -2.15. The topological polar surface area (TPSA) is 89.8 Å². The first-order valence-corrected chi connectivity index (χ1v) is 5.67. The van der Waals surface area contributed by atoms with Gasteiger partial charge in [0, 0.05) is 0 Å². The number of nitrogens with two attached hydrogens (primary N) is 1. The molecule has 0 aliphatic rings. The molecule has 0 aliphatic heterocycles. The Balaban J connectivity index is 2.44. The second-order valence-corrected chi connectivity index (χ2v) is 4.55. The van der Waals surface area contributed by atoms with E-state index < -0.39 is 0 Å². The monoisotopic (exact) mass is 235 g/mol. The zero-order chi connectivity index (χ0) is 12.4. The first kappa shape index (κ1) is 11.8. The van der Waals surface area contributed by atoms with Crippen LogP contribution in [0.5, 0.6) is 0 Å². The number of hydrogen-bond donors (Lipinski definition) is 2. The summed E-state index contributed by atoms with van der Waals surface area (Å²) in [5.41, 5.74) is 6.99. The highest BCUT2D eigenvalue weighted by Crippen LogP contribution is 2.22. The minimum atomic E-state index is -0.0192. The molecule has 0 bridgehead atoms. The van der Waals surface area contributed by atoms with Crippen LogP contribution >= 0.6 is 0 Å². The number of rotatable bonds is 4. The molecule has 0 aliphatic carbocycles. The van der Waals surface area contributed by atoms with Crippen LogP contribution in [-0.4, -0.2) is 31.2 Å². The van der Waals surface area contributed by atoms with Gasteiger partial charge in [0.1, 0.15) is 11.8 Å². The molecule has 2 aromatic heterocycles. The van der Waals surface area contributed by atoms with Crippen LogP contribution in [0.3, 0.4) is 0 Å². The molecule has 0 saturated heterocycles. The van der Waals surface area contributed by atoms with Crippen molar-refractivity contribution in [1.82, 2.24) is 19.5 Å². The Morgan fingerprint density at radius 2 is 2.12 bits per heavy atom. The number of aliphatic hydroxyl groups is 1. The van der Waals surface area contributed by atoms with E-state index in [1.54, 1.807) is 6.33 Å². The van der Waals surface area contributed by atoms with Gasteiger partial charge < -0.3 is 15.4 Å². The molecule has 0 amide bonds. The number of anilines is 1. The van der Waals surface area contributed by atoms with Crippen molar-refractivity contribution in [3.8, 4) is 0 Å². The van der Waals surface area contributed by atoms with Crippen LogP contribution in [-0.2, 0) is 0 Å². The summed E-state index contributed by atoms with van der Waals surface area (Å²) >= 11 is 0. The Bertz CT molecular complexity index is 508. The number of imidazole rings is 1. The molecule has 2 rings (SSSR count). The van der Waals surface area contributed by atoms with E-state index in [1.165, 1.54) is 6.33 Å². The maximum Gasteiger partial charge on any atom is 0.165 e. The van der Waals surface area contributed by atoms with Crippen molar-refractivity contribution >= 4 is 17.0 Å². The summed E-state index contributed by atoms with van der Waals surface area (Å²) in [5, 5.41) is 9.45. The molecule has 0 radical (unpaired) electrons. The molecule has 6 heteroatoms. The molecule has 0 spiro atoms. The normalized spacial score (nSPS) is 13.4. The number of fused-ring (bicyclic) bond motifs is 1. The van der Waals surface area contributed by atoms with Gasteiger partial charge in [0.2, 0.25) is 0 Å². The molecule has 0 fully saturated rings. The van der Waals surface area contributed by atoms with E-state index in [-0.39, 0.29) is 12.6 Å². The summed E-state index contributed by atoms with van der Waals surface area (Å²) < 4.78 is 1.87. The van der Waals surface area contributed by atoms with Gasteiger partial charge in [0.25, 0.3) is 0 Å². The van der Waals surface area contributed by atoms with Crippen molar-refractivity contribution in [2.24, 2.45) is 5.92 Å². The SMILES string of the molecule is CC(C)CC(CO)n1cnc2c(N)ncnc21. The van der Waals surface area contributed by atoms with Crippen LogP contribution < -0.4 is 5.73 Å². The van der Waals surface area contributed by atoms with E-state index in [9.17, 15) is 5.11 Å². The molecule has 17 heavy (non-hydrogen) atoms. The molecular formula is C11H17N5O. The third-order valence-corrected chi connectivity index (χ3v) is 2.73. The maximum atomic E-state index is 9.45. The van der Waals surface area contributed by atoms with Crippen LogP contribution in [0, 0.1) is 5.92 Å². The average molecular weight is 235 g/mol. The molecule has 1 unspecified atom stereocenters. The second kappa shape index (κ2) is 4.67. The minimum Gasteiger partial charge on any atom is -0.394 e. The van der Waals surface area contributed by atoms with Crippen molar-refractivity contribution in [2.75, 3.05) is 12.3 Å². The molecule has 2 aromatic rings. The summed E-state index contributed by atoms with van der Waals surface area (Å²) in [7, 11) is 0. The highest BCUT2D eigenvalue weighted by Gasteiger charge is 2.16. The number of nitrogen functional groups attached to an aromatic ring is 1. The van der Waals surface area contributed by atoms with Gasteiger partial charge in [-0.1, -0.05) is 13.8 Å². The lowest BCUT2D eigenvalue weighted by Gasteiger charge is -2.18. The van der Waals surface area contributed by atoms with Gasteiger partial charge in [0.15, 0.2) is 11.5 Å². The van der Waals surface area contributed by atoms with Crippen molar-refractivity contribution in [2.45, 2.75) is 26.3 Å². The van der Waals surface area contributed by atoms with Gasteiger partial charge in [-0.25, -0.2) is 15.0 Å². The molecule has 2 heterocycles. The summed E-state index contributed by atoms with van der Waals surface area (Å²) in [6.07, 6.45) is 3.95. The highest BCUT2D eigenvalue weighted by atomic mass is 16.3. The van der Waals surface area contributed by atoms with Crippen molar-refractivity contribution in [3.63, 3.8) is 0 Å². The third kappa shape index (κ3) is 2.21. The van der Waals surface area contributed by atoms with Gasteiger partial charge >= 0.3 is 0 Å². The molecule has 1 atom stereocenters. The largest absolute Gasteiger partial charge is 0.394 e. The zero-order valence-corrected chi connectivity index (χ0v) is 10.0. The molecular weight excluding hydrogens is 218 g/mol. The van der Waals surface area contributed by atoms with Crippen LogP contribution in [0.1, 0.15) is 26.3 Å². The minimum absolute atomic E-state index is 0.0192. The summed E-state index contributed by atoms with van der Waals surface area (Å²) in [5.74, 6) is 0.860. The Labute approximate surface area is 99.5 Å². The Morgan fingerprint density at radius 1 is 1.35 bits per heavy atom. The van der Waals surface area contributed by atoms with E-state index in [0.29, 0.717) is 22.9 Å². The number of aliphatic hydroxyl groups excluding tert-OH is 1. The fraction of sp³-hybridized carbons (Fsp3) is 0.545. The quantitative estimate of drug-likeness (QED) is 0.824. The standard InChI is InChI=1S/C11H17N5O/c1-7(2)3-8(4-17)16-6-15-9-10(12)13-5-14-11(9)16/h5-8,17H,3-4H2,1-2H3,(H2,12,13,14). The van der Waals surface area contributed by atoms with Crippen LogP contribution in [0.4, 0.5) is 5.82 Å². The van der Waals surface area contributed by atoms with Crippen LogP contribution in [0.2, 0.25) is 0 Å². The summed E-state index contributed by atoms with van der Waals surface area (Å²) in [4.78, 5) is 12.3. The molecule has 3 N–H and O–H groups in total. The second-order valence-electron chi connectivity index (χ2n) is 4.55. The fourth-order valence-corrected chi connectivity index (χ4v) is 1.96. The van der Waals surface area contributed by atoms with E-state index >= 15 is 0 Å². The Morgan fingerprint density at radius 3 is 2.76 bits per heavy atom. The highest BCUT2D eigenvalue weighted by molar-refractivity contribution is 5.81. The van der Waals surface area contributed by atoms with E-state index in [0.717, 1.165) is 6.42 Å². The summed E-state index contributed by atoms with van der Waals surface area (Å²) in [6, 6.07) is -0.0192. The smallest absolute Gasteiger partial charge is 0.165 e. The molecule has 6 nitrogen and oxygen atoms in total. The fourth-order valence-electron chi connectivity index (χ4n) is 1.96. The summed E-state index contributed by atoms with van der Waals surface area (Å²) in [6.45, 7) is 4.30. The van der Waals surface area contributed by atoms with Gasteiger partial charge in [-0.3, -0.25) is 0 Å². The van der Waals surface area contributed by atoms with E-state index in [4.69, 9.17) is 5.73 Å². The predicted molar refractivity (Wildman–Crippen MR) is 65.3 cm³/mol. The van der Waals surface area contributed by atoms with Crippen molar-refractivity contribution in [3.05, 3.63) is 12.7 Å². The lowest BCUT2D eigenvalue weighted by atomic mass is 10.0. The van der Waals surface area contributed by atoms with Crippen LogP contribution in [0.15, 0.2) is 12.7 Å². The number of hydrogen-bond acceptors (Lipinski definition) is 5. The predicted octanol–water partition coefficient (Wildman–Crippen LogP) is 0.988. The van der Waals surface area contributed by atoms with Gasteiger partial charge in [-0.15, -0.1) is 0 Å². The van der Waals surface area contributed by atoms with E-state index in [2.05, 4.69) is 28.8 Å². The zero-order valence-electron chi connectivity index (χ0n) is 10.0. The Hall–Kier alpha value is -1.69. The Kier molecular flexibility index (Phi) is 3.23. The maximum absolute atomic E-state index is 9.45. The number of aromatic nitrogens is 4. The lowest BCUT2D eigenvalue weighted by molar-refractivity contribution is 0.210. The van der Waals surface area contributed by atoms with Crippen molar-refractivity contribution < 1.29 is 5.11 Å². The van der Waals surface area contributed by atoms with Crippen LogP contribution in [0.25, 0.3) is 11.2 Å². The van der Waals surface area contributed by atoms with Gasteiger partial charge in [-0.2, -0.15) is 0 Å². The van der Waals surface area contributed by atoms with Crippen molar-refractivity contribution in [1.29, 1.82) is 0 Å². The first-order chi connectivity index (χ1) is 8.13. The van der Waals surface area contributed by atoms with Gasteiger partial charge in [-0.05, 0) is 12.3 Å². The van der Waals surface area contributed by atoms with Gasteiger partial charge in [0.05, 0.1) is 19.0 Å². The molecule has 0 aromatic carbocycles.